The number of carbonyl (C=O) groups is 4. The van der Waals surface area contributed by atoms with Crippen LogP contribution in [0.1, 0.15) is 157 Å². The second-order valence-corrected chi connectivity index (χ2v) is 33.1. The first-order valence-corrected chi connectivity index (χ1v) is 46.1. The molecule has 4 amide bonds. The number of nitriles is 1. The molecule has 0 spiro atoms. The van der Waals surface area contributed by atoms with E-state index in [1.807, 2.05) is 136 Å². The lowest BCUT2D eigenvalue weighted by molar-refractivity contribution is 0.101. The summed E-state index contributed by atoms with van der Waals surface area (Å²) in [5.41, 5.74) is 11.6. The number of pyridine rings is 7. The van der Waals surface area contributed by atoms with E-state index in [0.717, 1.165) is 156 Å². The molecule has 0 unspecified atom stereocenters. The number of nitrogens with one attached hydrogen (secondary N) is 11. The Bertz CT molecular complexity index is 6160. The lowest BCUT2D eigenvalue weighted by Crippen LogP contribution is -2.29. The molecule has 12 heterocycles. The maximum Gasteiger partial charge on any atom is 0.271 e. The number of carbonyl (C=O) groups excluding carboxylic acids is 4. The summed E-state index contributed by atoms with van der Waals surface area (Å²) < 4.78 is 0. The van der Waals surface area contributed by atoms with Crippen LogP contribution in [0.2, 0.25) is 0 Å². The topological polar surface area (TPSA) is 392 Å². The van der Waals surface area contributed by atoms with Crippen LogP contribution in [0, 0.1) is 11.3 Å². The Morgan fingerprint density at radius 3 is 1.18 bits per heavy atom. The van der Waals surface area contributed by atoms with Crippen molar-refractivity contribution in [2.75, 3.05) is 169 Å². The maximum absolute atomic E-state index is 12.9. The molecule has 0 saturated carbocycles. The van der Waals surface area contributed by atoms with E-state index in [1.165, 1.54) is 89.4 Å². The standard InChI is InChI=1S/C29H38N6O2.C26H32N6O2.C24H28N6O2.C23H21N5O2/c1-3-34(4-2)17-9-16-30-27-11-8-10-25(32-27)23-20-26(29(37)31-21-23)33-28(36)22-12-14-24(15-13-22)35-18-6-5-7-19-35;1-27-13-16-31(2)24-8-6-7-22(29-24)20-17-23(26(34)28-18-20)30-25(33)19-9-11-21(12-10-19)32-14-4-3-5-15-32;1-3-18-14-21(25-2)29-22(27-18)17-13-20(24(32)26-15-17)28-23(31)16-7-9-19(10-8-16)30-11-5-4-6-12-30;24-14-16-8-9-25-20(12-16)18-13-21(23(30)26-15-18)27-22(29)17-4-6-19(7-5-17)28-10-2-1-3-11-28/h8,10-15,20-21H,3-7,9,16-19H2,1-2H3,(H,30,32)(H,31,37)(H,33,36);6-12,17-18,27H,3-5,13-16H2,1-2H3,(H,28,34)(H,30,33);7-10,13-15H,3-6,11-12H2,1-2H3,(H,26,32)(H,28,31)(H,25,27,29);4-9,12-13,15H,1-3,10-11H2,(H,26,30)(H,27,29). The van der Waals surface area contributed by atoms with Gasteiger partial charge in [-0.1, -0.05) is 32.9 Å². The summed E-state index contributed by atoms with van der Waals surface area (Å²) in [6.07, 6.45) is 24.3. The Labute approximate surface area is 774 Å². The third-order valence-corrected chi connectivity index (χ3v) is 23.9. The predicted molar refractivity (Wildman–Crippen MR) is 533 cm³/mol. The Kier molecular flexibility index (Phi) is 34.6. The first kappa shape index (κ1) is 95.7. The van der Waals surface area contributed by atoms with E-state index in [-0.39, 0.29) is 63.1 Å². The zero-order chi connectivity index (χ0) is 93.4. The zero-order valence-corrected chi connectivity index (χ0v) is 76.6. The van der Waals surface area contributed by atoms with Gasteiger partial charge >= 0.3 is 0 Å². The van der Waals surface area contributed by atoms with Gasteiger partial charge in [-0.15, -0.1) is 0 Å². The van der Waals surface area contributed by atoms with Crippen molar-refractivity contribution in [1.29, 1.82) is 5.26 Å². The number of aromatic nitrogens is 9. The zero-order valence-electron chi connectivity index (χ0n) is 76.6. The van der Waals surface area contributed by atoms with Gasteiger partial charge in [0.25, 0.3) is 45.9 Å². The average Bonchev–Trinajstić information content (AvgIpc) is 0.825. The minimum absolute atomic E-state index is 0.127. The summed E-state index contributed by atoms with van der Waals surface area (Å²) in [5.74, 6) is 1.45. The Hall–Kier alpha value is -14.9. The van der Waals surface area contributed by atoms with Crippen molar-refractivity contribution in [2.45, 2.75) is 111 Å². The first-order chi connectivity index (χ1) is 64.8. The van der Waals surface area contributed by atoms with Crippen molar-refractivity contribution in [3.05, 3.63) is 282 Å². The summed E-state index contributed by atoms with van der Waals surface area (Å²) in [7, 11) is 5.69. The molecule has 4 aromatic carbocycles. The normalized spacial score (nSPS) is 13.5. The van der Waals surface area contributed by atoms with Gasteiger partial charge in [-0.3, -0.25) is 43.3 Å². The molecule has 12 aromatic rings. The van der Waals surface area contributed by atoms with Crippen LogP contribution < -0.4 is 84.0 Å². The number of anilines is 11. The number of amides is 4. The van der Waals surface area contributed by atoms with E-state index in [0.29, 0.717) is 67.7 Å². The van der Waals surface area contributed by atoms with Crippen LogP contribution in [0.25, 0.3) is 45.2 Å². The van der Waals surface area contributed by atoms with Crippen LogP contribution in [0.15, 0.2) is 226 Å². The highest BCUT2D eigenvalue weighted by Gasteiger charge is 2.22. The van der Waals surface area contributed by atoms with Gasteiger partial charge in [0.15, 0.2) is 5.82 Å². The second-order valence-electron chi connectivity index (χ2n) is 33.1. The van der Waals surface area contributed by atoms with Gasteiger partial charge in [-0.2, -0.15) is 5.26 Å². The summed E-state index contributed by atoms with van der Waals surface area (Å²) >= 11 is 0. The minimum Gasteiger partial charge on any atom is -0.373 e. The molecule has 11 N–H and O–H groups in total. The van der Waals surface area contributed by atoms with Crippen molar-refractivity contribution >= 4 is 86.6 Å². The highest BCUT2D eigenvalue weighted by atomic mass is 16.2. The number of H-pyrrole nitrogens is 4. The van der Waals surface area contributed by atoms with Gasteiger partial charge in [0.05, 0.1) is 28.7 Å². The molecule has 31 heteroatoms. The van der Waals surface area contributed by atoms with Crippen molar-refractivity contribution in [1.82, 2.24) is 55.1 Å². The Morgan fingerprint density at radius 1 is 0.414 bits per heavy atom. The molecule has 4 aliphatic rings. The number of hydrogen-bond acceptors (Lipinski definition) is 23. The van der Waals surface area contributed by atoms with Gasteiger partial charge in [-0.25, -0.2) is 19.9 Å². The molecule has 0 atom stereocenters. The third kappa shape index (κ3) is 26.9. The Morgan fingerprint density at radius 2 is 0.797 bits per heavy atom. The number of hydrogen-bond donors (Lipinski definition) is 11. The van der Waals surface area contributed by atoms with Gasteiger partial charge in [0, 0.05) is 196 Å². The molecule has 133 heavy (non-hydrogen) atoms. The van der Waals surface area contributed by atoms with Gasteiger partial charge in [0.1, 0.15) is 40.2 Å². The monoisotopic (exact) mass is 1790 g/mol. The molecule has 16 rings (SSSR count). The molecule has 690 valence electrons. The lowest BCUT2D eigenvalue weighted by Gasteiger charge is -2.28. The van der Waals surface area contributed by atoms with Crippen LogP contribution in [0.5, 0.6) is 0 Å². The number of nitrogens with zero attached hydrogens (tertiary/aromatic N) is 12. The Balaban J connectivity index is 0.000000151. The van der Waals surface area contributed by atoms with Gasteiger partial charge in [-0.05, 0) is 274 Å². The molecular weight excluding hydrogens is 1680 g/mol. The van der Waals surface area contributed by atoms with E-state index < -0.39 is 5.56 Å². The molecule has 4 saturated heterocycles. The number of likely N-dealkylation sites (N-methyl/N-ethyl adjacent to an activating group) is 2. The quantitative estimate of drug-likeness (QED) is 0.0194. The molecule has 4 fully saturated rings. The fraction of sp³-hybridized carbons (Fsp3) is 0.333. The molecule has 4 aliphatic heterocycles. The highest BCUT2D eigenvalue weighted by molar-refractivity contribution is 6.07. The first-order valence-electron chi connectivity index (χ1n) is 46.1. The van der Waals surface area contributed by atoms with Gasteiger partial charge < -0.3 is 86.6 Å². The van der Waals surface area contributed by atoms with Crippen LogP contribution in [-0.2, 0) is 6.42 Å². The average molecular weight is 1800 g/mol. The largest absolute Gasteiger partial charge is 0.373 e. The summed E-state index contributed by atoms with van der Waals surface area (Å²) in [5, 5.41) is 29.5. The fourth-order valence-corrected chi connectivity index (χ4v) is 16.1. The summed E-state index contributed by atoms with van der Waals surface area (Å²) in [4.78, 5) is 148. The van der Waals surface area contributed by atoms with Crippen LogP contribution in [-0.4, -0.2) is 186 Å². The van der Waals surface area contributed by atoms with E-state index in [1.54, 1.807) is 86.3 Å². The van der Waals surface area contributed by atoms with E-state index >= 15 is 0 Å². The smallest absolute Gasteiger partial charge is 0.271 e. The fourth-order valence-electron chi connectivity index (χ4n) is 16.1. The number of aryl methyl sites for hydroxylation is 1. The number of rotatable bonds is 29. The SMILES string of the molecule is CCN(CC)CCCNc1cccc(-c2c[nH]c(=O)c(NC(=O)c3ccc(N4CCCCC4)cc3)c2)n1.CCc1cc(NC)nc(-c2c[nH]c(=O)c(NC(=O)c3ccc(N4CCCCC4)cc3)c2)n1.CNCCN(C)c1cccc(-c2c[nH]c(=O)c(NC(=O)c3ccc(N4CCCCC4)cc3)c2)n1.N#Cc1ccnc(-c2c[nH]c(=O)c(NC(=O)c3ccc(N4CCCCC4)cc3)c2)c1. The number of aromatic amines is 4. The van der Waals surface area contributed by atoms with Crippen molar-refractivity contribution in [3.8, 4) is 51.2 Å². The van der Waals surface area contributed by atoms with Crippen LogP contribution in [0.3, 0.4) is 0 Å². The van der Waals surface area contributed by atoms with Crippen molar-refractivity contribution in [3.63, 3.8) is 0 Å². The molecular formula is C102H119N23O8. The van der Waals surface area contributed by atoms with Crippen molar-refractivity contribution in [2.24, 2.45) is 0 Å². The van der Waals surface area contributed by atoms with E-state index in [2.05, 4.69) is 121 Å². The summed E-state index contributed by atoms with van der Waals surface area (Å²) in [6.45, 7) is 20.4. The predicted octanol–water partition coefficient (Wildman–Crippen LogP) is 15.4. The second kappa shape index (κ2) is 48.1. The highest BCUT2D eigenvalue weighted by Crippen LogP contribution is 2.30. The van der Waals surface area contributed by atoms with E-state index in [9.17, 15) is 38.4 Å². The molecule has 31 nitrogen and oxygen atoms in total. The maximum atomic E-state index is 12.9. The molecule has 0 aliphatic carbocycles. The van der Waals surface area contributed by atoms with Crippen LogP contribution >= 0.6 is 0 Å². The molecule has 0 bridgehead atoms. The van der Waals surface area contributed by atoms with Crippen molar-refractivity contribution < 1.29 is 19.2 Å². The minimum atomic E-state index is -0.409. The lowest BCUT2D eigenvalue weighted by atomic mass is 10.1. The molecule has 8 aromatic heterocycles. The third-order valence-electron chi connectivity index (χ3n) is 23.9. The number of benzene rings is 4. The number of piperidine rings is 4. The molecule has 0 radical (unpaired) electrons. The van der Waals surface area contributed by atoms with Crippen LogP contribution in [0.4, 0.5) is 63.0 Å². The summed E-state index contributed by atoms with van der Waals surface area (Å²) in [6, 6.07) is 55.3. The van der Waals surface area contributed by atoms with E-state index in [4.69, 9.17) is 15.2 Å². The van der Waals surface area contributed by atoms with Gasteiger partial charge in [0.2, 0.25) is 0 Å².